The predicted molar refractivity (Wildman–Crippen MR) is 91.3 cm³/mol. The van der Waals surface area contributed by atoms with Crippen LogP contribution in [0.4, 0.5) is 0 Å². The van der Waals surface area contributed by atoms with Crippen LogP contribution < -0.4 is 4.46 Å². The van der Waals surface area contributed by atoms with Gasteiger partial charge in [0.05, 0.1) is 0 Å². The van der Waals surface area contributed by atoms with Crippen LogP contribution in [0.1, 0.15) is 0 Å². The second kappa shape index (κ2) is 7.86. The van der Waals surface area contributed by atoms with Crippen molar-refractivity contribution in [3.8, 4) is 0 Å². The molecule has 1 nitrogen and oxygen atoms in total. The Morgan fingerprint density at radius 2 is 1.76 bits per heavy atom. The van der Waals surface area contributed by atoms with E-state index in [-0.39, 0.29) is 0 Å². The van der Waals surface area contributed by atoms with E-state index in [1.165, 1.54) is 20.2 Å². The number of ether oxygens (including phenoxy) is 1. The number of rotatable bonds is 5. The molecule has 21 heavy (non-hydrogen) atoms. The minimum absolute atomic E-state index is 0.538. The Hall–Kier alpha value is -0.991. The molecule has 3 heteroatoms. The van der Waals surface area contributed by atoms with E-state index in [1.54, 1.807) is 0 Å². The number of hydrogen-bond donors (Lipinski definition) is 0. The van der Waals surface area contributed by atoms with Gasteiger partial charge in [-0.15, -0.1) is 0 Å². The molecule has 0 radical (unpaired) electrons. The molecule has 1 unspecified atom stereocenters. The molecule has 3 rings (SSSR count). The fourth-order valence-corrected chi connectivity index (χ4v) is 5.26. The van der Waals surface area contributed by atoms with Crippen LogP contribution in [0.2, 0.25) is 5.32 Å². The van der Waals surface area contributed by atoms with Gasteiger partial charge < -0.3 is 0 Å². The van der Waals surface area contributed by atoms with Crippen LogP contribution in [0.3, 0.4) is 0 Å². The van der Waals surface area contributed by atoms with Crippen molar-refractivity contribution < 1.29 is 4.74 Å². The van der Waals surface area contributed by atoms with E-state index < -0.39 is 0 Å². The summed E-state index contributed by atoms with van der Waals surface area (Å²) >= 11 is 2.35. The number of hydrogen-bond acceptors (Lipinski definition) is 2. The first-order chi connectivity index (χ1) is 10.4. The molecule has 0 aromatic heterocycles. The second-order valence-electron chi connectivity index (χ2n) is 4.96. The van der Waals surface area contributed by atoms with E-state index in [2.05, 4.69) is 66.1 Å². The molecule has 1 saturated heterocycles. The van der Waals surface area contributed by atoms with Gasteiger partial charge in [-0.25, -0.2) is 0 Å². The monoisotopic (exact) mass is 362 g/mol. The van der Waals surface area contributed by atoms with E-state index in [4.69, 9.17) is 4.74 Å². The van der Waals surface area contributed by atoms with Crippen molar-refractivity contribution >= 4 is 31.2 Å². The van der Waals surface area contributed by atoms with Crippen LogP contribution in [-0.4, -0.2) is 28.2 Å². The summed E-state index contributed by atoms with van der Waals surface area (Å²) in [5, 5.41) is 3.53. The first-order valence-electron chi connectivity index (χ1n) is 7.08. The Morgan fingerprint density at radius 1 is 1.05 bits per heavy atom. The molecule has 2 aromatic rings. The third kappa shape index (κ3) is 4.49. The Kier molecular flexibility index (Phi) is 5.59. The molecule has 0 aliphatic carbocycles. The van der Waals surface area contributed by atoms with Crippen LogP contribution in [0, 0.1) is 5.92 Å². The molecule has 1 aliphatic heterocycles. The van der Waals surface area contributed by atoms with Crippen molar-refractivity contribution in [2.24, 2.45) is 5.92 Å². The van der Waals surface area contributed by atoms with E-state index in [1.807, 2.05) is 11.8 Å². The average molecular weight is 361 g/mol. The molecule has 2 aromatic carbocycles. The second-order valence-corrected chi connectivity index (χ2v) is 8.20. The fraction of sp³-hybridized carbons (Fsp3) is 0.222. The van der Waals surface area contributed by atoms with Crippen LogP contribution in [0.15, 0.2) is 76.5 Å². The average Bonchev–Trinajstić information content (AvgIpc) is 3.00. The first kappa shape index (κ1) is 14.9. The summed E-state index contributed by atoms with van der Waals surface area (Å²) in [7, 11) is 0. The molecule has 0 N–H and O–H groups in total. The van der Waals surface area contributed by atoms with Crippen LogP contribution in [0.5, 0.6) is 0 Å². The van der Waals surface area contributed by atoms with Crippen molar-refractivity contribution in [1.82, 2.24) is 0 Å². The fourth-order valence-electron chi connectivity index (χ4n) is 2.19. The molecule has 1 aliphatic rings. The third-order valence-electron chi connectivity index (χ3n) is 3.40. The van der Waals surface area contributed by atoms with Gasteiger partial charge in [-0.3, -0.25) is 0 Å². The zero-order chi connectivity index (χ0) is 14.3. The van der Waals surface area contributed by atoms with Gasteiger partial charge in [0.1, 0.15) is 0 Å². The molecule has 0 bridgehead atoms. The van der Waals surface area contributed by atoms with Crippen molar-refractivity contribution in [3.63, 3.8) is 0 Å². The summed E-state index contributed by atoms with van der Waals surface area (Å²) in [6.45, 7) is 1.69. The van der Waals surface area contributed by atoms with Crippen molar-refractivity contribution in [2.45, 2.75) is 10.2 Å². The van der Waals surface area contributed by atoms with Gasteiger partial charge in [0.25, 0.3) is 0 Å². The van der Waals surface area contributed by atoms with Crippen molar-refractivity contribution in [1.29, 1.82) is 0 Å². The molecule has 1 atom stereocenters. The van der Waals surface area contributed by atoms with E-state index in [0.29, 0.717) is 20.9 Å². The Balaban J connectivity index is 1.57. The van der Waals surface area contributed by atoms with Gasteiger partial charge in [0.2, 0.25) is 0 Å². The summed E-state index contributed by atoms with van der Waals surface area (Å²) < 4.78 is 7.15. The van der Waals surface area contributed by atoms with Gasteiger partial charge in [0.15, 0.2) is 0 Å². The maximum absolute atomic E-state index is 5.67. The molecule has 1 fully saturated rings. The van der Waals surface area contributed by atoms with E-state index in [9.17, 15) is 0 Å². The quantitative estimate of drug-likeness (QED) is 0.593. The molecule has 0 saturated carbocycles. The molecular weight excluding hydrogens is 343 g/mol. The van der Waals surface area contributed by atoms with Crippen molar-refractivity contribution in [2.75, 3.05) is 13.2 Å². The van der Waals surface area contributed by atoms with Gasteiger partial charge in [0, 0.05) is 0 Å². The normalized spacial score (nSPS) is 20.0. The van der Waals surface area contributed by atoms with Crippen LogP contribution in [0.25, 0.3) is 0 Å². The molecule has 1 heterocycles. The third-order valence-corrected chi connectivity index (χ3v) is 6.83. The molecule has 0 amide bonds. The first-order valence-corrected chi connectivity index (χ1v) is 10.0. The molecule has 108 valence electrons. The summed E-state index contributed by atoms with van der Waals surface area (Å²) in [4.78, 5) is 1.30. The zero-order valence-electron chi connectivity index (χ0n) is 11.8. The van der Waals surface area contributed by atoms with E-state index in [0.717, 1.165) is 13.2 Å². The topological polar surface area (TPSA) is 9.23 Å². The van der Waals surface area contributed by atoms with Crippen LogP contribution in [-0.2, 0) is 4.74 Å². The Morgan fingerprint density at radius 3 is 2.52 bits per heavy atom. The summed E-state index contributed by atoms with van der Waals surface area (Å²) in [5.41, 5.74) is 1.46. The van der Waals surface area contributed by atoms with Gasteiger partial charge in [-0.2, -0.15) is 0 Å². The maximum atomic E-state index is 5.67. The van der Waals surface area contributed by atoms with Gasteiger partial charge in [-0.05, 0) is 0 Å². The number of thioether (sulfide) groups is 1. The Labute approximate surface area is 136 Å². The predicted octanol–water partition coefficient (Wildman–Crippen LogP) is 3.76. The SMILES string of the molecule is C(/Sc1ccccc1)=C1\COCC1C[Se]c1ccccc1. The molecule has 0 spiro atoms. The van der Waals surface area contributed by atoms with Crippen LogP contribution >= 0.6 is 11.8 Å². The van der Waals surface area contributed by atoms with E-state index >= 15 is 0 Å². The van der Waals surface area contributed by atoms with Gasteiger partial charge in [-0.1, -0.05) is 0 Å². The molecular formula is C18H18OSSe. The summed E-state index contributed by atoms with van der Waals surface area (Å²) in [6, 6.07) is 21.3. The van der Waals surface area contributed by atoms with Crippen molar-refractivity contribution in [3.05, 3.63) is 71.6 Å². The summed E-state index contributed by atoms with van der Waals surface area (Å²) in [6.07, 6.45) is 0. The Bertz CT molecular complexity index is 583. The van der Waals surface area contributed by atoms with Gasteiger partial charge >= 0.3 is 137 Å². The standard InChI is InChI=1S/C18H18OSSe/c1-3-7-17(8-4-1)20-13-15-11-19-12-16(15)14-21-18-9-5-2-6-10-18/h1-10,13,16H,11-12,14H2/b15-13-. The summed E-state index contributed by atoms with van der Waals surface area (Å²) in [5.74, 6) is 0.599. The minimum atomic E-state index is 0.538. The number of benzene rings is 2. The zero-order valence-corrected chi connectivity index (χ0v) is 14.3.